The summed E-state index contributed by atoms with van der Waals surface area (Å²) in [5.74, 6) is -5.30. The van der Waals surface area contributed by atoms with Gasteiger partial charge in [-0.25, -0.2) is 0 Å². The molecule has 1 aliphatic rings. The molecule has 1 unspecified atom stereocenters. The number of likely N-dealkylation sites (tertiary alicyclic amines) is 1. The van der Waals surface area contributed by atoms with Gasteiger partial charge in [-0.05, 0) is 19.3 Å². The highest BCUT2D eigenvalue weighted by Gasteiger charge is 2.44. The molecule has 1 fully saturated rings. The number of H-pyrrole nitrogens is 1. The summed E-state index contributed by atoms with van der Waals surface area (Å²) in [5.41, 5.74) is 5.72. The Bertz CT molecular complexity index is 544. The lowest BCUT2D eigenvalue weighted by Gasteiger charge is -2.37. The van der Waals surface area contributed by atoms with Crippen molar-refractivity contribution >= 4 is 11.8 Å². The lowest BCUT2D eigenvalue weighted by Crippen LogP contribution is -2.47. The molecule has 0 spiro atoms. The summed E-state index contributed by atoms with van der Waals surface area (Å²) in [6.45, 7) is 1.50. The third kappa shape index (κ3) is 2.88. The number of piperidine rings is 1. The van der Waals surface area contributed by atoms with Crippen molar-refractivity contribution in [2.75, 3.05) is 6.54 Å². The first-order valence-corrected chi connectivity index (χ1v) is 6.90. The molecule has 0 saturated carbocycles. The van der Waals surface area contributed by atoms with E-state index in [1.54, 1.807) is 0 Å². The van der Waals surface area contributed by atoms with Gasteiger partial charge in [0.2, 0.25) is 0 Å². The largest absolute Gasteiger partial charge is 0.365 e. The molecule has 1 atom stereocenters. The summed E-state index contributed by atoms with van der Waals surface area (Å²) >= 11 is 0. The fourth-order valence-electron chi connectivity index (χ4n) is 2.58. The molecule has 6 nitrogen and oxygen atoms in total. The molecule has 116 valence electrons. The molecule has 1 aromatic rings. The molecule has 0 aliphatic carbocycles. The minimum atomic E-state index is -3.40. The van der Waals surface area contributed by atoms with Gasteiger partial charge in [0, 0.05) is 13.0 Å². The second kappa shape index (κ2) is 5.79. The summed E-state index contributed by atoms with van der Waals surface area (Å²) < 4.78 is 27.4. The van der Waals surface area contributed by atoms with Crippen LogP contribution in [0.25, 0.3) is 0 Å². The molecule has 1 aliphatic heterocycles. The molecule has 3 N–H and O–H groups in total. The van der Waals surface area contributed by atoms with Crippen molar-refractivity contribution in [3.05, 3.63) is 17.5 Å². The zero-order chi connectivity index (χ0) is 15.6. The first kappa shape index (κ1) is 15.4. The number of alkyl halides is 2. The number of hydrogen-bond acceptors (Lipinski definition) is 3. The number of nitrogens with one attached hydrogen (secondary N) is 1. The fourth-order valence-corrected chi connectivity index (χ4v) is 2.58. The van der Waals surface area contributed by atoms with Crippen molar-refractivity contribution in [1.29, 1.82) is 0 Å². The molecule has 1 aromatic heterocycles. The number of carbonyl (C=O) groups excluding carboxylic acids is 2. The quantitative estimate of drug-likeness (QED) is 0.884. The molecule has 1 saturated heterocycles. The number of primary amides is 1. The topological polar surface area (TPSA) is 92.1 Å². The Morgan fingerprint density at radius 1 is 1.52 bits per heavy atom. The predicted molar refractivity (Wildman–Crippen MR) is 70.6 cm³/mol. The Kier molecular flexibility index (Phi) is 4.24. The number of aromatic amines is 1. The Hall–Kier alpha value is -1.99. The Morgan fingerprint density at radius 2 is 2.24 bits per heavy atom. The summed E-state index contributed by atoms with van der Waals surface area (Å²) in [4.78, 5) is 24.6. The molecule has 2 amide bonds. The van der Waals surface area contributed by atoms with Gasteiger partial charge in [-0.3, -0.25) is 14.7 Å². The summed E-state index contributed by atoms with van der Waals surface area (Å²) in [5, 5.41) is 6.36. The average molecular weight is 300 g/mol. The SMILES string of the molecule is CCC(F)(F)C(=O)N1CCCCC1c1[nH]ncc1C(N)=O. The van der Waals surface area contributed by atoms with Crippen LogP contribution >= 0.6 is 0 Å². The van der Waals surface area contributed by atoms with Crippen molar-refractivity contribution in [3.8, 4) is 0 Å². The van der Waals surface area contributed by atoms with Crippen molar-refractivity contribution in [2.45, 2.75) is 44.6 Å². The lowest BCUT2D eigenvalue weighted by atomic mass is 9.96. The van der Waals surface area contributed by atoms with Gasteiger partial charge < -0.3 is 10.6 Å². The minimum absolute atomic E-state index is 0.138. The van der Waals surface area contributed by atoms with E-state index in [0.29, 0.717) is 18.5 Å². The van der Waals surface area contributed by atoms with Crippen LogP contribution in [0, 0.1) is 0 Å². The summed E-state index contributed by atoms with van der Waals surface area (Å²) in [6.07, 6.45) is 2.63. The lowest BCUT2D eigenvalue weighted by molar-refractivity contribution is -0.162. The van der Waals surface area contributed by atoms with Gasteiger partial charge in [0.05, 0.1) is 23.5 Å². The Balaban J connectivity index is 2.34. The van der Waals surface area contributed by atoms with Crippen LogP contribution in [0.4, 0.5) is 8.78 Å². The smallest absolute Gasteiger partial charge is 0.324 e. The summed E-state index contributed by atoms with van der Waals surface area (Å²) in [6, 6.07) is -0.617. The molecule has 0 aromatic carbocycles. The standard InChI is InChI=1S/C13H18F2N4O2/c1-2-13(14,15)12(21)19-6-4-3-5-9(19)10-8(11(16)20)7-17-18-10/h7,9H,2-6H2,1H3,(H2,16,20)(H,17,18). The maximum Gasteiger partial charge on any atom is 0.324 e. The second-order valence-corrected chi connectivity index (χ2v) is 5.13. The number of nitrogens with two attached hydrogens (primary N) is 1. The van der Waals surface area contributed by atoms with Crippen molar-refractivity contribution in [3.63, 3.8) is 0 Å². The Labute approximate surface area is 120 Å². The van der Waals surface area contributed by atoms with Crippen LogP contribution in [-0.2, 0) is 4.79 Å². The highest BCUT2D eigenvalue weighted by Crippen LogP contribution is 2.35. The normalized spacial score (nSPS) is 19.6. The van der Waals surface area contributed by atoms with Crippen LogP contribution in [0.1, 0.15) is 54.7 Å². The van der Waals surface area contributed by atoms with Gasteiger partial charge in [-0.1, -0.05) is 6.92 Å². The van der Waals surface area contributed by atoms with E-state index >= 15 is 0 Å². The third-order valence-corrected chi connectivity index (χ3v) is 3.79. The zero-order valence-electron chi connectivity index (χ0n) is 11.7. The number of rotatable bonds is 4. The summed E-state index contributed by atoms with van der Waals surface area (Å²) in [7, 11) is 0. The maximum absolute atomic E-state index is 13.7. The van der Waals surface area contributed by atoms with Crippen LogP contribution in [0.3, 0.4) is 0 Å². The van der Waals surface area contributed by atoms with Gasteiger partial charge in [0.15, 0.2) is 0 Å². The molecule has 21 heavy (non-hydrogen) atoms. The van der Waals surface area contributed by atoms with Crippen molar-refractivity contribution in [2.24, 2.45) is 5.73 Å². The number of halogens is 2. The number of carbonyl (C=O) groups is 2. The second-order valence-electron chi connectivity index (χ2n) is 5.13. The molecule has 8 heteroatoms. The van der Waals surface area contributed by atoms with Crippen LogP contribution in [0.5, 0.6) is 0 Å². The highest BCUT2D eigenvalue weighted by atomic mass is 19.3. The van der Waals surface area contributed by atoms with Gasteiger partial charge in [-0.2, -0.15) is 13.9 Å². The van der Waals surface area contributed by atoms with Crippen molar-refractivity contribution in [1.82, 2.24) is 15.1 Å². The van der Waals surface area contributed by atoms with Crippen LogP contribution in [0.2, 0.25) is 0 Å². The highest BCUT2D eigenvalue weighted by molar-refractivity contribution is 5.94. The predicted octanol–water partition coefficient (Wildman–Crippen LogP) is 1.61. The van der Waals surface area contributed by atoms with E-state index in [1.807, 2.05) is 0 Å². The van der Waals surface area contributed by atoms with Crippen LogP contribution in [-0.4, -0.2) is 39.4 Å². The average Bonchev–Trinajstić information content (AvgIpc) is 2.96. The van der Waals surface area contributed by atoms with E-state index in [9.17, 15) is 18.4 Å². The van der Waals surface area contributed by atoms with Crippen LogP contribution in [0.15, 0.2) is 6.20 Å². The molecule has 2 heterocycles. The first-order valence-electron chi connectivity index (χ1n) is 6.90. The van der Waals surface area contributed by atoms with E-state index in [1.165, 1.54) is 13.1 Å². The van der Waals surface area contributed by atoms with Gasteiger partial charge in [0.25, 0.3) is 11.8 Å². The fraction of sp³-hybridized carbons (Fsp3) is 0.615. The number of amides is 2. The first-order chi connectivity index (χ1) is 9.88. The monoisotopic (exact) mass is 300 g/mol. The molecular weight excluding hydrogens is 282 g/mol. The van der Waals surface area contributed by atoms with Gasteiger partial charge >= 0.3 is 5.92 Å². The van der Waals surface area contributed by atoms with Crippen LogP contribution < -0.4 is 5.73 Å². The van der Waals surface area contributed by atoms with Gasteiger partial charge in [-0.15, -0.1) is 0 Å². The zero-order valence-corrected chi connectivity index (χ0v) is 11.7. The molecule has 0 radical (unpaired) electrons. The van der Waals surface area contributed by atoms with E-state index < -0.39 is 30.2 Å². The van der Waals surface area contributed by atoms with E-state index in [-0.39, 0.29) is 12.1 Å². The molecular formula is C13H18F2N4O2. The van der Waals surface area contributed by atoms with Crippen molar-refractivity contribution < 1.29 is 18.4 Å². The van der Waals surface area contributed by atoms with Gasteiger partial charge in [0.1, 0.15) is 0 Å². The molecule has 0 bridgehead atoms. The maximum atomic E-state index is 13.7. The Morgan fingerprint density at radius 3 is 2.86 bits per heavy atom. The molecule has 2 rings (SSSR count). The number of aromatic nitrogens is 2. The van der Waals surface area contributed by atoms with E-state index in [0.717, 1.165) is 11.3 Å². The minimum Gasteiger partial charge on any atom is -0.365 e. The van der Waals surface area contributed by atoms with E-state index in [4.69, 9.17) is 5.73 Å². The third-order valence-electron chi connectivity index (χ3n) is 3.79. The number of nitrogens with zero attached hydrogens (tertiary/aromatic N) is 2. The number of hydrogen-bond donors (Lipinski definition) is 2. The van der Waals surface area contributed by atoms with E-state index in [2.05, 4.69) is 10.2 Å².